The number of nitrogens with one attached hydrogen (secondary N) is 2. The summed E-state index contributed by atoms with van der Waals surface area (Å²) in [6.45, 7) is 0. The van der Waals surface area contributed by atoms with Crippen molar-refractivity contribution in [1.82, 2.24) is 0 Å². The van der Waals surface area contributed by atoms with Gasteiger partial charge in [0.15, 0.2) is 0 Å². The first-order valence-electron chi connectivity index (χ1n) is 6.55. The minimum absolute atomic E-state index is 0.219. The van der Waals surface area contributed by atoms with E-state index < -0.39 is 10.0 Å². The highest BCUT2D eigenvalue weighted by Gasteiger charge is 2.17. The van der Waals surface area contributed by atoms with Gasteiger partial charge in [-0.1, -0.05) is 18.2 Å². The minimum Gasteiger partial charge on any atom is -0.320 e. The third-order valence-electron chi connectivity index (χ3n) is 2.96. The van der Waals surface area contributed by atoms with Crippen LogP contribution in [0.3, 0.4) is 0 Å². The van der Waals surface area contributed by atoms with E-state index in [2.05, 4.69) is 10.0 Å². The van der Waals surface area contributed by atoms with Crippen LogP contribution in [0.25, 0.3) is 0 Å². The lowest BCUT2D eigenvalue weighted by Gasteiger charge is -2.12. The van der Waals surface area contributed by atoms with E-state index >= 15 is 0 Å². The molecule has 0 unspecified atom stereocenters. The minimum atomic E-state index is -3.66. The Bertz CT molecular complexity index is 901. The van der Waals surface area contributed by atoms with Crippen LogP contribution in [-0.2, 0) is 10.0 Å². The Morgan fingerprint density at radius 1 is 0.957 bits per heavy atom. The predicted octanol–water partition coefficient (Wildman–Crippen LogP) is 3.86. The summed E-state index contributed by atoms with van der Waals surface area (Å²) in [6, 6.07) is 11.6. The van der Waals surface area contributed by atoms with Crippen molar-refractivity contribution in [3.05, 3.63) is 64.2 Å². The molecule has 0 bridgehead atoms. The number of carbonyl (C=O) groups is 1. The van der Waals surface area contributed by atoms with E-state index in [0.717, 1.165) is 11.3 Å². The van der Waals surface area contributed by atoms with E-state index in [-0.39, 0.29) is 10.1 Å². The zero-order valence-corrected chi connectivity index (χ0v) is 14.2. The Kier molecular flexibility index (Phi) is 4.46. The molecule has 3 aromatic rings. The molecular formula is C15H12N2O3S3. The predicted molar refractivity (Wildman–Crippen MR) is 93.8 cm³/mol. The van der Waals surface area contributed by atoms with Gasteiger partial charge in [0.2, 0.25) is 0 Å². The van der Waals surface area contributed by atoms with Crippen LogP contribution in [0.5, 0.6) is 0 Å². The highest BCUT2D eigenvalue weighted by Crippen LogP contribution is 2.26. The number of thiophene rings is 2. The highest BCUT2D eigenvalue weighted by molar-refractivity contribution is 7.94. The van der Waals surface area contributed by atoms with Crippen molar-refractivity contribution >= 4 is 50.0 Å². The van der Waals surface area contributed by atoms with Gasteiger partial charge in [0.1, 0.15) is 4.21 Å². The van der Waals surface area contributed by atoms with Crippen molar-refractivity contribution in [1.29, 1.82) is 0 Å². The van der Waals surface area contributed by atoms with Gasteiger partial charge in [-0.3, -0.25) is 9.52 Å². The quantitative estimate of drug-likeness (QED) is 0.722. The van der Waals surface area contributed by atoms with Crippen LogP contribution in [0.4, 0.5) is 11.4 Å². The lowest BCUT2D eigenvalue weighted by molar-refractivity contribution is 0.102. The van der Waals surface area contributed by atoms with Crippen LogP contribution in [0.2, 0.25) is 0 Å². The second kappa shape index (κ2) is 6.53. The third-order valence-corrected chi connectivity index (χ3v) is 6.41. The summed E-state index contributed by atoms with van der Waals surface area (Å²) in [6.07, 6.45) is 0. The van der Waals surface area contributed by atoms with Crippen LogP contribution in [0.1, 0.15) is 10.4 Å². The molecule has 2 heterocycles. The summed E-state index contributed by atoms with van der Waals surface area (Å²) in [5.74, 6) is -0.283. The highest BCUT2D eigenvalue weighted by atomic mass is 32.2. The Morgan fingerprint density at radius 2 is 1.74 bits per heavy atom. The lowest BCUT2D eigenvalue weighted by atomic mass is 10.2. The van der Waals surface area contributed by atoms with Crippen molar-refractivity contribution in [3.63, 3.8) is 0 Å². The number of hydrogen-bond donors (Lipinski definition) is 2. The molecule has 0 aliphatic rings. The normalized spacial score (nSPS) is 11.1. The van der Waals surface area contributed by atoms with Gasteiger partial charge in [-0.25, -0.2) is 8.42 Å². The average molecular weight is 364 g/mol. The molecule has 1 aromatic carbocycles. The molecule has 23 heavy (non-hydrogen) atoms. The number of sulfonamides is 1. The monoisotopic (exact) mass is 364 g/mol. The van der Waals surface area contributed by atoms with Gasteiger partial charge < -0.3 is 5.32 Å². The Labute approximate surface area is 141 Å². The van der Waals surface area contributed by atoms with Crippen molar-refractivity contribution < 1.29 is 13.2 Å². The van der Waals surface area contributed by atoms with Gasteiger partial charge in [-0.05, 0) is 35.0 Å². The molecular weight excluding hydrogens is 352 g/mol. The fraction of sp³-hybridized carbons (Fsp3) is 0. The second-order valence-electron chi connectivity index (χ2n) is 4.55. The number of benzene rings is 1. The maximum Gasteiger partial charge on any atom is 0.271 e. The van der Waals surface area contributed by atoms with Crippen molar-refractivity contribution in [2.45, 2.75) is 4.21 Å². The average Bonchev–Trinajstić information content (AvgIpc) is 3.23. The molecule has 5 nitrogen and oxygen atoms in total. The van der Waals surface area contributed by atoms with E-state index in [1.165, 1.54) is 17.4 Å². The summed E-state index contributed by atoms with van der Waals surface area (Å²) >= 11 is 2.55. The number of hydrogen-bond acceptors (Lipinski definition) is 5. The van der Waals surface area contributed by atoms with Crippen molar-refractivity contribution in [2.24, 2.45) is 0 Å². The number of carbonyl (C=O) groups excluding carboxylic acids is 1. The third kappa shape index (κ3) is 3.61. The molecule has 118 valence electrons. The van der Waals surface area contributed by atoms with Crippen LogP contribution in [-0.4, -0.2) is 14.3 Å². The number of rotatable bonds is 5. The largest absolute Gasteiger partial charge is 0.320 e. The van der Waals surface area contributed by atoms with E-state index in [4.69, 9.17) is 0 Å². The smallest absolute Gasteiger partial charge is 0.271 e. The molecule has 0 saturated heterocycles. The summed E-state index contributed by atoms with van der Waals surface area (Å²) in [5.41, 5.74) is 1.26. The van der Waals surface area contributed by atoms with E-state index in [0.29, 0.717) is 16.9 Å². The van der Waals surface area contributed by atoms with Gasteiger partial charge >= 0.3 is 0 Å². The first-order valence-corrected chi connectivity index (χ1v) is 9.86. The van der Waals surface area contributed by atoms with Gasteiger partial charge in [0.25, 0.3) is 15.9 Å². The number of para-hydroxylation sites is 2. The molecule has 8 heteroatoms. The van der Waals surface area contributed by atoms with Gasteiger partial charge in [0.05, 0.1) is 16.9 Å². The fourth-order valence-corrected chi connectivity index (χ4v) is 4.59. The summed E-state index contributed by atoms with van der Waals surface area (Å²) in [7, 11) is -3.66. The van der Waals surface area contributed by atoms with Gasteiger partial charge in [-0.2, -0.15) is 11.3 Å². The molecule has 2 aromatic heterocycles. The summed E-state index contributed by atoms with van der Waals surface area (Å²) < 4.78 is 27.4. The molecule has 0 saturated carbocycles. The molecule has 0 aliphatic heterocycles. The van der Waals surface area contributed by atoms with E-state index in [1.54, 1.807) is 52.5 Å². The topological polar surface area (TPSA) is 75.3 Å². The zero-order valence-electron chi connectivity index (χ0n) is 11.7. The molecule has 0 aliphatic carbocycles. The van der Waals surface area contributed by atoms with Crippen molar-refractivity contribution in [3.8, 4) is 0 Å². The lowest BCUT2D eigenvalue weighted by Crippen LogP contribution is -2.16. The molecule has 0 fully saturated rings. The standard InChI is InChI=1S/C15H12N2O3S3/c18-15(11-7-9-21-10-11)16-12-4-1-2-5-13(12)17-23(19,20)14-6-3-8-22-14/h1-10,17H,(H,16,18). The number of amides is 1. The second-order valence-corrected chi connectivity index (χ2v) is 8.19. The van der Waals surface area contributed by atoms with Crippen LogP contribution in [0, 0.1) is 0 Å². The van der Waals surface area contributed by atoms with Crippen LogP contribution >= 0.6 is 22.7 Å². The first kappa shape index (κ1) is 15.7. The zero-order chi connectivity index (χ0) is 16.3. The molecule has 0 atom stereocenters. The maximum absolute atomic E-state index is 12.3. The maximum atomic E-state index is 12.3. The molecule has 1 amide bonds. The SMILES string of the molecule is O=C(Nc1ccccc1NS(=O)(=O)c1cccs1)c1ccsc1. The summed E-state index contributed by atoms with van der Waals surface area (Å²) in [4.78, 5) is 12.1. The first-order chi connectivity index (χ1) is 11.1. The molecule has 0 spiro atoms. The van der Waals surface area contributed by atoms with Crippen molar-refractivity contribution in [2.75, 3.05) is 10.0 Å². The fourth-order valence-electron chi connectivity index (χ4n) is 1.88. The van der Waals surface area contributed by atoms with E-state index in [9.17, 15) is 13.2 Å². The Morgan fingerprint density at radius 3 is 2.39 bits per heavy atom. The van der Waals surface area contributed by atoms with Gasteiger partial charge in [-0.15, -0.1) is 11.3 Å². The summed E-state index contributed by atoms with van der Waals surface area (Å²) in [5, 5.41) is 7.95. The van der Waals surface area contributed by atoms with Crippen LogP contribution < -0.4 is 10.0 Å². The Balaban J connectivity index is 1.85. The molecule has 3 rings (SSSR count). The van der Waals surface area contributed by atoms with Crippen LogP contribution in [0.15, 0.2) is 62.8 Å². The Hall–Kier alpha value is -2.16. The van der Waals surface area contributed by atoms with E-state index in [1.807, 2.05) is 0 Å². The number of anilines is 2. The molecule has 2 N–H and O–H groups in total. The van der Waals surface area contributed by atoms with Gasteiger partial charge in [0, 0.05) is 5.38 Å². The molecule has 0 radical (unpaired) electrons.